The van der Waals surface area contributed by atoms with Gasteiger partial charge in [0.25, 0.3) is 0 Å². The summed E-state index contributed by atoms with van der Waals surface area (Å²) >= 11 is 1.51. The molecule has 34 heavy (non-hydrogen) atoms. The number of benzene rings is 3. The summed E-state index contributed by atoms with van der Waals surface area (Å²) in [6, 6.07) is 22.6. The zero-order valence-electron chi connectivity index (χ0n) is 18.2. The fourth-order valence-corrected chi connectivity index (χ4v) is 4.21. The average Bonchev–Trinajstić information content (AvgIpc) is 3.33. The second-order valence-electron chi connectivity index (χ2n) is 7.76. The lowest BCUT2D eigenvalue weighted by atomic mass is 10.1. The Balaban J connectivity index is 1.53. The molecule has 2 amide bonds. The van der Waals surface area contributed by atoms with Crippen LogP contribution >= 0.6 is 11.3 Å². The van der Waals surface area contributed by atoms with Gasteiger partial charge in [-0.25, -0.2) is 8.78 Å². The molecular formula is C27H22F2N2O2S. The highest BCUT2D eigenvalue weighted by Gasteiger charge is 2.18. The van der Waals surface area contributed by atoms with Crippen LogP contribution in [0.25, 0.3) is 0 Å². The van der Waals surface area contributed by atoms with Crippen molar-refractivity contribution in [2.24, 2.45) is 0 Å². The van der Waals surface area contributed by atoms with Crippen molar-refractivity contribution in [2.45, 2.75) is 19.4 Å². The van der Waals surface area contributed by atoms with Gasteiger partial charge in [-0.1, -0.05) is 30.3 Å². The van der Waals surface area contributed by atoms with Gasteiger partial charge in [-0.2, -0.15) is 0 Å². The van der Waals surface area contributed by atoms with E-state index in [0.717, 1.165) is 16.0 Å². The van der Waals surface area contributed by atoms with Gasteiger partial charge in [-0.3, -0.25) is 9.59 Å². The molecule has 4 rings (SSSR count). The van der Waals surface area contributed by atoms with Crippen LogP contribution in [0.3, 0.4) is 0 Å². The van der Waals surface area contributed by atoms with E-state index in [9.17, 15) is 18.4 Å². The summed E-state index contributed by atoms with van der Waals surface area (Å²) in [6.45, 7) is 0.274. The van der Waals surface area contributed by atoms with Crippen LogP contribution in [-0.4, -0.2) is 11.8 Å². The van der Waals surface area contributed by atoms with Crippen molar-refractivity contribution in [3.63, 3.8) is 0 Å². The quantitative estimate of drug-likeness (QED) is 0.340. The lowest BCUT2D eigenvalue weighted by Crippen LogP contribution is -2.31. The Hall–Kier alpha value is -3.84. The van der Waals surface area contributed by atoms with Crippen LogP contribution in [-0.2, 0) is 29.0 Å². The first-order valence-corrected chi connectivity index (χ1v) is 11.6. The molecule has 0 unspecified atom stereocenters. The van der Waals surface area contributed by atoms with Crippen molar-refractivity contribution >= 4 is 34.5 Å². The maximum Gasteiger partial charge on any atom is 0.232 e. The molecule has 0 radical (unpaired) electrons. The summed E-state index contributed by atoms with van der Waals surface area (Å²) in [4.78, 5) is 28.3. The van der Waals surface area contributed by atoms with E-state index in [4.69, 9.17) is 0 Å². The van der Waals surface area contributed by atoms with E-state index in [2.05, 4.69) is 5.32 Å². The third-order valence-electron chi connectivity index (χ3n) is 5.18. The van der Waals surface area contributed by atoms with Gasteiger partial charge in [0, 0.05) is 16.3 Å². The normalized spacial score (nSPS) is 10.6. The van der Waals surface area contributed by atoms with Gasteiger partial charge in [0.1, 0.15) is 11.6 Å². The van der Waals surface area contributed by atoms with Gasteiger partial charge in [-0.15, -0.1) is 11.3 Å². The van der Waals surface area contributed by atoms with E-state index in [1.165, 1.54) is 47.7 Å². The fraction of sp³-hybridized carbons (Fsp3) is 0.111. The van der Waals surface area contributed by atoms with E-state index >= 15 is 0 Å². The van der Waals surface area contributed by atoms with Gasteiger partial charge in [0.2, 0.25) is 11.8 Å². The lowest BCUT2D eigenvalue weighted by Gasteiger charge is -2.24. The van der Waals surface area contributed by atoms with Gasteiger partial charge in [-0.05, 0) is 71.1 Å². The number of hydrogen-bond donors (Lipinski definition) is 1. The molecule has 172 valence electrons. The van der Waals surface area contributed by atoms with E-state index in [0.29, 0.717) is 11.4 Å². The summed E-state index contributed by atoms with van der Waals surface area (Å²) in [5.74, 6) is -1.06. The first-order valence-electron chi connectivity index (χ1n) is 10.7. The topological polar surface area (TPSA) is 49.4 Å². The van der Waals surface area contributed by atoms with Crippen molar-refractivity contribution in [1.82, 2.24) is 0 Å². The molecule has 0 atom stereocenters. The minimum atomic E-state index is -0.376. The monoisotopic (exact) mass is 476 g/mol. The van der Waals surface area contributed by atoms with Crippen molar-refractivity contribution in [3.05, 3.63) is 118 Å². The average molecular weight is 477 g/mol. The van der Waals surface area contributed by atoms with Crippen LogP contribution in [0.15, 0.2) is 90.3 Å². The van der Waals surface area contributed by atoms with Crippen LogP contribution < -0.4 is 10.2 Å². The third-order valence-corrected chi connectivity index (χ3v) is 6.05. The minimum absolute atomic E-state index is 0.0920. The molecule has 0 fully saturated rings. The molecular weight excluding hydrogens is 454 g/mol. The Morgan fingerprint density at radius 2 is 1.50 bits per heavy atom. The van der Waals surface area contributed by atoms with Crippen LogP contribution in [0, 0.1) is 11.6 Å². The molecule has 1 aromatic heterocycles. The Labute approximate surface area is 200 Å². The number of rotatable bonds is 8. The second-order valence-corrected chi connectivity index (χ2v) is 8.80. The maximum atomic E-state index is 13.4. The molecule has 0 aliphatic carbocycles. The molecule has 0 aliphatic heterocycles. The molecule has 1 heterocycles. The summed E-state index contributed by atoms with van der Waals surface area (Å²) in [5.41, 5.74) is 2.68. The number of anilines is 2. The number of carbonyl (C=O) groups is 2. The summed E-state index contributed by atoms with van der Waals surface area (Å²) in [5, 5.41) is 4.67. The molecule has 7 heteroatoms. The van der Waals surface area contributed by atoms with Crippen LogP contribution in [0.4, 0.5) is 20.2 Å². The zero-order valence-corrected chi connectivity index (χ0v) is 19.0. The first kappa shape index (κ1) is 23.3. The van der Waals surface area contributed by atoms with Crippen LogP contribution in [0.2, 0.25) is 0 Å². The lowest BCUT2D eigenvalue weighted by molar-refractivity contribution is -0.118. The highest BCUT2D eigenvalue weighted by atomic mass is 32.1. The second kappa shape index (κ2) is 10.9. The Bertz CT molecular complexity index is 1260. The van der Waals surface area contributed by atoms with Crippen molar-refractivity contribution in [3.8, 4) is 0 Å². The number of nitrogens with zero attached hydrogens (tertiary/aromatic N) is 1. The summed E-state index contributed by atoms with van der Waals surface area (Å²) in [6.07, 6.45) is 0.336. The van der Waals surface area contributed by atoms with Gasteiger partial charge < -0.3 is 10.2 Å². The molecule has 0 spiro atoms. The highest BCUT2D eigenvalue weighted by molar-refractivity contribution is 7.10. The number of hydrogen-bond acceptors (Lipinski definition) is 3. The molecule has 0 aliphatic rings. The van der Waals surface area contributed by atoms with Crippen molar-refractivity contribution in [2.75, 3.05) is 10.2 Å². The van der Waals surface area contributed by atoms with Gasteiger partial charge in [0.05, 0.1) is 19.4 Å². The Morgan fingerprint density at radius 1 is 0.794 bits per heavy atom. The number of nitrogens with one attached hydrogen (secondary N) is 1. The predicted octanol–water partition coefficient (Wildman–Crippen LogP) is 5.98. The molecule has 0 saturated heterocycles. The standard InChI is InChI=1S/C27H22F2N2O2S/c28-21-8-6-19(7-9-21)18-31(27(33)17-25-5-2-14-34-25)24-4-1-3-20(15-24)16-26(32)30-23-12-10-22(29)11-13-23/h1-15H,16-18H2,(H,30,32). The van der Waals surface area contributed by atoms with E-state index in [-0.39, 0.29) is 42.8 Å². The molecule has 4 nitrogen and oxygen atoms in total. The number of amides is 2. The maximum absolute atomic E-state index is 13.4. The Kier molecular flexibility index (Phi) is 7.44. The highest BCUT2D eigenvalue weighted by Crippen LogP contribution is 2.22. The summed E-state index contributed by atoms with van der Waals surface area (Å²) < 4.78 is 26.5. The SMILES string of the molecule is O=C(Cc1cccc(N(Cc2ccc(F)cc2)C(=O)Cc2cccs2)c1)Nc1ccc(F)cc1. The van der Waals surface area contributed by atoms with Crippen LogP contribution in [0.1, 0.15) is 16.0 Å². The number of thiophene rings is 1. The first-order chi connectivity index (χ1) is 16.5. The van der Waals surface area contributed by atoms with Crippen molar-refractivity contribution < 1.29 is 18.4 Å². The van der Waals surface area contributed by atoms with E-state index in [1.807, 2.05) is 29.6 Å². The molecule has 3 aromatic carbocycles. The summed E-state index contributed by atoms with van der Waals surface area (Å²) in [7, 11) is 0. The van der Waals surface area contributed by atoms with Crippen LogP contribution in [0.5, 0.6) is 0 Å². The molecule has 0 bridgehead atoms. The number of halogens is 2. The number of carbonyl (C=O) groups excluding carboxylic acids is 2. The van der Waals surface area contributed by atoms with Gasteiger partial charge in [0.15, 0.2) is 0 Å². The van der Waals surface area contributed by atoms with E-state index < -0.39 is 0 Å². The van der Waals surface area contributed by atoms with Gasteiger partial charge >= 0.3 is 0 Å². The fourth-order valence-electron chi connectivity index (χ4n) is 3.51. The van der Waals surface area contributed by atoms with Crippen molar-refractivity contribution in [1.29, 1.82) is 0 Å². The molecule has 1 N–H and O–H groups in total. The largest absolute Gasteiger partial charge is 0.326 e. The molecule has 0 saturated carbocycles. The zero-order chi connectivity index (χ0) is 23.9. The minimum Gasteiger partial charge on any atom is -0.326 e. The smallest absolute Gasteiger partial charge is 0.232 e. The molecule has 4 aromatic rings. The third kappa shape index (κ3) is 6.36. The predicted molar refractivity (Wildman–Crippen MR) is 131 cm³/mol. The van der Waals surface area contributed by atoms with E-state index in [1.54, 1.807) is 29.2 Å². The Morgan fingerprint density at radius 3 is 2.18 bits per heavy atom.